The summed E-state index contributed by atoms with van der Waals surface area (Å²) in [5.41, 5.74) is 0.546. The first-order valence-electron chi connectivity index (χ1n) is 10.1. The molecule has 0 aliphatic heterocycles. The maximum absolute atomic E-state index is 12.5. The molecule has 0 heterocycles. The molecule has 1 aliphatic rings. The Morgan fingerprint density at radius 1 is 1.21 bits per heavy atom. The summed E-state index contributed by atoms with van der Waals surface area (Å²) in [5.74, 6) is -0.734. The maximum Gasteiger partial charge on any atom is 0.333 e. The predicted octanol–water partition coefficient (Wildman–Crippen LogP) is 3.43. The van der Waals surface area contributed by atoms with Gasteiger partial charge in [0.15, 0.2) is 0 Å². The summed E-state index contributed by atoms with van der Waals surface area (Å²) in [6.45, 7) is 16.3. The molecule has 0 saturated carbocycles. The van der Waals surface area contributed by atoms with Crippen molar-refractivity contribution in [1.29, 1.82) is 0 Å². The van der Waals surface area contributed by atoms with Gasteiger partial charge in [-0.2, -0.15) is 0 Å². The summed E-state index contributed by atoms with van der Waals surface area (Å²) in [4.78, 5) is 26.4. The zero-order valence-electron chi connectivity index (χ0n) is 17.7. The lowest BCUT2D eigenvalue weighted by Gasteiger charge is -2.42. The van der Waals surface area contributed by atoms with Crippen molar-refractivity contribution < 1.29 is 23.8 Å². The molecule has 1 aliphatic carbocycles. The molecule has 28 heavy (non-hydrogen) atoms. The van der Waals surface area contributed by atoms with Crippen molar-refractivity contribution in [2.75, 3.05) is 19.7 Å². The molecular formula is C22H35NO5. The van der Waals surface area contributed by atoms with Gasteiger partial charge in [-0.05, 0) is 32.3 Å². The van der Waals surface area contributed by atoms with E-state index in [2.05, 4.69) is 18.1 Å². The van der Waals surface area contributed by atoms with Crippen LogP contribution in [0.2, 0.25) is 0 Å². The first-order chi connectivity index (χ1) is 13.4. The van der Waals surface area contributed by atoms with Crippen molar-refractivity contribution in [2.45, 2.75) is 71.3 Å². The third-order valence-corrected chi connectivity index (χ3v) is 4.79. The SMILES string of the molecule is C=CCN(CC=C)[C@@H]1CC(C(=O)OCC)=C[C@@H](OC(CC)CC)[C@H]1OC(C)=O. The number of carbonyl (C=O) groups excluding carboxylic acids is 2. The number of hydrogen-bond donors (Lipinski definition) is 0. The van der Waals surface area contributed by atoms with Crippen molar-refractivity contribution in [3.63, 3.8) is 0 Å². The van der Waals surface area contributed by atoms with Crippen LogP contribution in [-0.2, 0) is 23.8 Å². The lowest BCUT2D eigenvalue weighted by molar-refractivity contribution is -0.163. The van der Waals surface area contributed by atoms with E-state index in [1.807, 2.05) is 13.8 Å². The Morgan fingerprint density at radius 2 is 1.82 bits per heavy atom. The third-order valence-electron chi connectivity index (χ3n) is 4.79. The first-order valence-corrected chi connectivity index (χ1v) is 10.1. The lowest BCUT2D eigenvalue weighted by atomic mass is 9.88. The van der Waals surface area contributed by atoms with E-state index in [1.165, 1.54) is 6.92 Å². The summed E-state index contributed by atoms with van der Waals surface area (Å²) in [7, 11) is 0. The second-order valence-electron chi connectivity index (χ2n) is 6.83. The van der Waals surface area contributed by atoms with Crippen molar-refractivity contribution >= 4 is 11.9 Å². The third kappa shape index (κ3) is 6.91. The summed E-state index contributed by atoms with van der Waals surface area (Å²) in [6.07, 6.45) is 6.35. The summed E-state index contributed by atoms with van der Waals surface area (Å²) in [5, 5.41) is 0. The quantitative estimate of drug-likeness (QED) is 0.374. The Hall–Kier alpha value is -1.92. The standard InChI is InChI=1S/C22H35NO5/c1-7-12-23(13-8-2)19-14-17(22(25)26-11-5)15-20(21(19)27-16(6)24)28-18(9-3)10-4/h7-8,15,18-21H,1-2,9-14H2,3-6H3/t19-,20-,21+/m1/s1. The molecule has 0 fully saturated rings. The van der Waals surface area contributed by atoms with Crippen LogP contribution in [0.5, 0.6) is 0 Å². The van der Waals surface area contributed by atoms with E-state index >= 15 is 0 Å². The zero-order chi connectivity index (χ0) is 21.1. The fourth-order valence-corrected chi connectivity index (χ4v) is 3.47. The zero-order valence-corrected chi connectivity index (χ0v) is 17.7. The number of hydrogen-bond acceptors (Lipinski definition) is 6. The van der Waals surface area contributed by atoms with E-state index in [0.717, 1.165) is 12.8 Å². The minimum absolute atomic E-state index is 0.00811. The Morgan fingerprint density at radius 3 is 2.29 bits per heavy atom. The molecule has 6 nitrogen and oxygen atoms in total. The van der Waals surface area contributed by atoms with Crippen LogP contribution in [0.3, 0.4) is 0 Å². The Bertz CT molecular complexity index is 557. The molecule has 0 saturated heterocycles. The number of ether oxygens (including phenoxy) is 3. The van der Waals surface area contributed by atoms with Crippen molar-refractivity contribution in [2.24, 2.45) is 0 Å². The largest absolute Gasteiger partial charge is 0.463 e. The van der Waals surface area contributed by atoms with Gasteiger partial charge in [-0.15, -0.1) is 13.2 Å². The number of esters is 2. The molecule has 0 amide bonds. The molecule has 1 rings (SSSR count). The van der Waals surface area contributed by atoms with E-state index in [-0.39, 0.29) is 24.1 Å². The average molecular weight is 394 g/mol. The maximum atomic E-state index is 12.5. The van der Waals surface area contributed by atoms with Crippen LogP contribution < -0.4 is 0 Å². The van der Waals surface area contributed by atoms with Crippen LogP contribution in [0.15, 0.2) is 37.0 Å². The minimum atomic E-state index is -0.531. The highest BCUT2D eigenvalue weighted by Gasteiger charge is 2.41. The first kappa shape index (κ1) is 24.1. The van der Waals surface area contributed by atoms with E-state index in [4.69, 9.17) is 14.2 Å². The van der Waals surface area contributed by atoms with Crippen LogP contribution in [-0.4, -0.2) is 60.9 Å². The number of carbonyl (C=O) groups is 2. The van der Waals surface area contributed by atoms with Gasteiger partial charge in [0.2, 0.25) is 0 Å². The average Bonchev–Trinajstić information content (AvgIpc) is 2.66. The van der Waals surface area contributed by atoms with Gasteiger partial charge in [-0.3, -0.25) is 9.69 Å². The lowest BCUT2D eigenvalue weighted by Crippen LogP contribution is -2.54. The molecule has 0 aromatic heterocycles. The fourth-order valence-electron chi connectivity index (χ4n) is 3.47. The van der Waals surface area contributed by atoms with Gasteiger partial charge in [0.05, 0.1) is 18.8 Å². The van der Waals surface area contributed by atoms with Crippen molar-refractivity contribution in [3.8, 4) is 0 Å². The number of rotatable bonds is 12. The van der Waals surface area contributed by atoms with Gasteiger partial charge in [-0.25, -0.2) is 4.79 Å². The fraction of sp³-hybridized carbons (Fsp3) is 0.636. The summed E-state index contributed by atoms with van der Waals surface area (Å²) >= 11 is 0. The minimum Gasteiger partial charge on any atom is -0.463 e. The van der Waals surface area contributed by atoms with Gasteiger partial charge in [0, 0.05) is 25.6 Å². The molecular weight excluding hydrogens is 358 g/mol. The van der Waals surface area contributed by atoms with Gasteiger partial charge in [-0.1, -0.05) is 26.0 Å². The molecule has 6 heteroatoms. The molecule has 0 spiro atoms. The van der Waals surface area contributed by atoms with E-state index in [0.29, 0.717) is 31.7 Å². The summed E-state index contributed by atoms with van der Waals surface area (Å²) in [6, 6.07) is -0.247. The molecule has 3 atom stereocenters. The second kappa shape index (κ2) is 12.5. The van der Waals surface area contributed by atoms with Gasteiger partial charge in [0.1, 0.15) is 12.2 Å². The Balaban J connectivity index is 3.34. The van der Waals surface area contributed by atoms with Crippen LogP contribution in [0.1, 0.15) is 47.0 Å². The summed E-state index contributed by atoms with van der Waals surface area (Å²) < 4.78 is 17.2. The second-order valence-corrected chi connectivity index (χ2v) is 6.83. The molecule has 0 unspecified atom stereocenters. The molecule has 0 bridgehead atoms. The van der Waals surface area contributed by atoms with Crippen LogP contribution in [0.25, 0.3) is 0 Å². The van der Waals surface area contributed by atoms with E-state index < -0.39 is 12.2 Å². The predicted molar refractivity (Wildman–Crippen MR) is 110 cm³/mol. The molecule has 0 aromatic carbocycles. The smallest absolute Gasteiger partial charge is 0.333 e. The molecule has 158 valence electrons. The molecule has 0 radical (unpaired) electrons. The molecule has 0 N–H and O–H groups in total. The highest BCUT2D eigenvalue weighted by Crippen LogP contribution is 2.30. The van der Waals surface area contributed by atoms with Gasteiger partial charge < -0.3 is 14.2 Å². The van der Waals surface area contributed by atoms with Crippen molar-refractivity contribution in [3.05, 3.63) is 37.0 Å². The molecule has 0 aromatic rings. The Labute approximate surface area is 169 Å². The topological polar surface area (TPSA) is 65.1 Å². The highest BCUT2D eigenvalue weighted by atomic mass is 16.6. The van der Waals surface area contributed by atoms with Crippen LogP contribution >= 0.6 is 0 Å². The van der Waals surface area contributed by atoms with Crippen LogP contribution in [0, 0.1) is 0 Å². The van der Waals surface area contributed by atoms with Crippen molar-refractivity contribution in [1.82, 2.24) is 4.90 Å². The Kier molecular flexibility index (Phi) is 10.8. The number of nitrogens with zero attached hydrogens (tertiary/aromatic N) is 1. The van der Waals surface area contributed by atoms with Crippen LogP contribution in [0.4, 0.5) is 0 Å². The van der Waals surface area contributed by atoms with E-state index in [9.17, 15) is 9.59 Å². The van der Waals surface area contributed by atoms with Gasteiger partial charge >= 0.3 is 11.9 Å². The monoisotopic (exact) mass is 393 g/mol. The van der Waals surface area contributed by atoms with E-state index in [1.54, 1.807) is 25.2 Å². The highest BCUT2D eigenvalue weighted by molar-refractivity contribution is 5.89. The van der Waals surface area contributed by atoms with Gasteiger partial charge in [0.25, 0.3) is 0 Å². The normalized spacial score (nSPS) is 21.9.